The van der Waals surface area contributed by atoms with Gasteiger partial charge in [-0.1, -0.05) is 44.5 Å². The minimum atomic E-state index is 0.240. The van der Waals surface area contributed by atoms with E-state index in [-0.39, 0.29) is 6.04 Å². The Kier molecular flexibility index (Phi) is 4.45. The lowest BCUT2D eigenvalue weighted by molar-refractivity contribution is 0.419. The highest BCUT2D eigenvalue weighted by molar-refractivity contribution is 5.37. The summed E-state index contributed by atoms with van der Waals surface area (Å²) in [5, 5.41) is 3.62. The molecule has 1 aromatic heterocycles. The van der Waals surface area contributed by atoms with Gasteiger partial charge in [0.15, 0.2) is 0 Å². The van der Waals surface area contributed by atoms with Gasteiger partial charge in [-0.3, -0.25) is 0 Å². The molecule has 1 fully saturated rings. The first-order valence-corrected chi connectivity index (χ1v) is 8.23. The highest BCUT2D eigenvalue weighted by atomic mass is 16.3. The molecule has 1 unspecified atom stereocenters. The van der Waals surface area contributed by atoms with E-state index in [1.807, 2.05) is 6.26 Å². The zero-order chi connectivity index (χ0) is 14.7. The van der Waals surface area contributed by atoms with Gasteiger partial charge in [-0.15, -0.1) is 0 Å². The van der Waals surface area contributed by atoms with E-state index in [2.05, 4.69) is 49.5 Å². The monoisotopic (exact) mass is 283 g/mol. The first-order valence-electron chi connectivity index (χ1n) is 8.23. The maximum Gasteiger partial charge on any atom is 0.108 e. The summed E-state index contributed by atoms with van der Waals surface area (Å²) in [6, 6.07) is 11.5. The SMILES string of the molecule is CCNC(c1cccc(C2CCC2)c1)c1ccoc1CC. The lowest BCUT2D eigenvalue weighted by Gasteiger charge is -2.27. The molecule has 3 rings (SSSR count). The van der Waals surface area contributed by atoms with Crippen LogP contribution in [0.1, 0.15) is 67.5 Å². The third-order valence-corrected chi connectivity index (χ3v) is 4.64. The second-order valence-electron chi connectivity index (χ2n) is 5.94. The van der Waals surface area contributed by atoms with Gasteiger partial charge in [0.1, 0.15) is 5.76 Å². The van der Waals surface area contributed by atoms with E-state index in [1.54, 1.807) is 0 Å². The molecule has 21 heavy (non-hydrogen) atoms. The van der Waals surface area contributed by atoms with Crippen molar-refractivity contribution in [2.45, 2.75) is 51.5 Å². The summed E-state index contributed by atoms with van der Waals surface area (Å²) in [7, 11) is 0. The molecule has 0 amide bonds. The number of furan rings is 1. The molecular formula is C19H25NO. The third kappa shape index (κ3) is 2.91. The van der Waals surface area contributed by atoms with Gasteiger partial charge in [0, 0.05) is 12.0 Å². The molecule has 1 aliphatic carbocycles. The van der Waals surface area contributed by atoms with Crippen molar-refractivity contribution < 1.29 is 4.42 Å². The Balaban J connectivity index is 1.93. The van der Waals surface area contributed by atoms with Gasteiger partial charge < -0.3 is 9.73 Å². The summed E-state index contributed by atoms with van der Waals surface area (Å²) in [4.78, 5) is 0. The highest BCUT2D eigenvalue weighted by Gasteiger charge is 2.22. The average Bonchev–Trinajstić information content (AvgIpc) is 2.91. The zero-order valence-electron chi connectivity index (χ0n) is 13.1. The van der Waals surface area contributed by atoms with Gasteiger partial charge in [0.05, 0.1) is 12.3 Å². The molecule has 2 aromatic rings. The summed E-state index contributed by atoms with van der Waals surface area (Å²) < 4.78 is 5.63. The number of hydrogen-bond donors (Lipinski definition) is 1. The van der Waals surface area contributed by atoms with Crippen molar-refractivity contribution in [2.75, 3.05) is 6.54 Å². The predicted molar refractivity (Wildman–Crippen MR) is 86.6 cm³/mol. The fourth-order valence-electron chi connectivity index (χ4n) is 3.24. The first kappa shape index (κ1) is 14.4. The Labute approximate surface area is 127 Å². The maximum absolute atomic E-state index is 5.63. The number of nitrogens with one attached hydrogen (secondary N) is 1. The van der Waals surface area contributed by atoms with E-state index in [0.717, 1.165) is 24.6 Å². The smallest absolute Gasteiger partial charge is 0.108 e. The van der Waals surface area contributed by atoms with Crippen molar-refractivity contribution in [1.82, 2.24) is 5.32 Å². The second-order valence-corrected chi connectivity index (χ2v) is 5.94. The van der Waals surface area contributed by atoms with Crippen molar-refractivity contribution >= 4 is 0 Å². The Bertz CT molecular complexity index is 583. The topological polar surface area (TPSA) is 25.2 Å². The molecule has 0 spiro atoms. The Morgan fingerprint density at radius 1 is 1.24 bits per heavy atom. The Morgan fingerprint density at radius 2 is 2.10 bits per heavy atom. The van der Waals surface area contributed by atoms with Gasteiger partial charge in [-0.25, -0.2) is 0 Å². The molecule has 1 N–H and O–H groups in total. The van der Waals surface area contributed by atoms with Crippen LogP contribution in [-0.4, -0.2) is 6.54 Å². The molecule has 0 aliphatic heterocycles. The largest absolute Gasteiger partial charge is 0.469 e. The van der Waals surface area contributed by atoms with Crippen molar-refractivity contribution in [3.05, 3.63) is 59.0 Å². The zero-order valence-corrected chi connectivity index (χ0v) is 13.1. The predicted octanol–water partition coefficient (Wildman–Crippen LogP) is 4.81. The number of rotatable bonds is 6. The van der Waals surface area contributed by atoms with Crippen LogP contribution in [0, 0.1) is 0 Å². The fraction of sp³-hybridized carbons (Fsp3) is 0.474. The quantitative estimate of drug-likeness (QED) is 0.823. The number of aryl methyl sites for hydroxylation is 1. The second kappa shape index (κ2) is 6.48. The highest BCUT2D eigenvalue weighted by Crippen LogP contribution is 2.37. The summed E-state index contributed by atoms with van der Waals surface area (Å²) >= 11 is 0. The van der Waals surface area contributed by atoms with Crippen LogP contribution in [0.3, 0.4) is 0 Å². The molecule has 1 aliphatic rings. The average molecular weight is 283 g/mol. The van der Waals surface area contributed by atoms with E-state index in [1.165, 1.54) is 36.0 Å². The maximum atomic E-state index is 5.63. The van der Waals surface area contributed by atoms with E-state index >= 15 is 0 Å². The molecule has 0 bridgehead atoms. The lowest BCUT2D eigenvalue weighted by Crippen LogP contribution is -2.23. The third-order valence-electron chi connectivity index (χ3n) is 4.64. The summed E-state index contributed by atoms with van der Waals surface area (Å²) in [5.74, 6) is 1.87. The standard InChI is InChI=1S/C19H25NO/c1-3-18-17(11-12-21-18)19(20-4-2)16-10-6-9-15(13-16)14-7-5-8-14/h6,9-14,19-20H,3-5,7-8H2,1-2H3. The molecule has 1 saturated carbocycles. The van der Waals surface area contributed by atoms with E-state index in [4.69, 9.17) is 4.42 Å². The van der Waals surface area contributed by atoms with Crippen LogP contribution in [0.5, 0.6) is 0 Å². The Hall–Kier alpha value is -1.54. The molecule has 2 nitrogen and oxygen atoms in total. The van der Waals surface area contributed by atoms with Crippen molar-refractivity contribution in [2.24, 2.45) is 0 Å². The van der Waals surface area contributed by atoms with Gasteiger partial charge in [-0.05, 0) is 42.5 Å². The van der Waals surface area contributed by atoms with Crippen molar-refractivity contribution in [1.29, 1.82) is 0 Å². The van der Waals surface area contributed by atoms with Crippen LogP contribution in [-0.2, 0) is 6.42 Å². The van der Waals surface area contributed by atoms with Crippen LogP contribution < -0.4 is 5.32 Å². The summed E-state index contributed by atoms with van der Waals surface area (Å²) in [6.07, 6.45) is 6.83. The molecule has 0 saturated heterocycles. The molecule has 1 heterocycles. The summed E-state index contributed by atoms with van der Waals surface area (Å²) in [5.41, 5.74) is 4.14. The number of benzene rings is 1. The van der Waals surface area contributed by atoms with Gasteiger partial charge in [0.2, 0.25) is 0 Å². The normalized spacial score (nSPS) is 16.7. The van der Waals surface area contributed by atoms with Crippen LogP contribution >= 0.6 is 0 Å². The minimum absolute atomic E-state index is 0.240. The van der Waals surface area contributed by atoms with Crippen molar-refractivity contribution in [3.63, 3.8) is 0 Å². The van der Waals surface area contributed by atoms with Crippen molar-refractivity contribution in [3.8, 4) is 0 Å². The summed E-state index contributed by atoms with van der Waals surface area (Å²) in [6.45, 7) is 5.26. The van der Waals surface area contributed by atoms with Crippen LogP contribution in [0.15, 0.2) is 41.0 Å². The van der Waals surface area contributed by atoms with Gasteiger partial charge >= 0.3 is 0 Å². The van der Waals surface area contributed by atoms with Gasteiger partial charge in [-0.2, -0.15) is 0 Å². The van der Waals surface area contributed by atoms with E-state index in [0.29, 0.717) is 0 Å². The van der Waals surface area contributed by atoms with E-state index < -0.39 is 0 Å². The van der Waals surface area contributed by atoms with Crippen LogP contribution in [0.4, 0.5) is 0 Å². The number of hydrogen-bond acceptors (Lipinski definition) is 2. The fourth-order valence-corrected chi connectivity index (χ4v) is 3.24. The molecule has 112 valence electrons. The molecule has 1 atom stereocenters. The molecular weight excluding hydrogens is 258 g/mol. The van der Waals surface area contributed by atoms with Gasteiger partial charge in [0.25, 0.3) is 0 Å². The first-order chi connectivity index (χ1) is 10.3. The minimum Gasteiger partial charge on any atom is -0.469 e. The van der Waals surface area contributed by atoms with Crippen LogP contribution in [0.25, 0.3) is 0 Å². The molecule has 2 heteroatoms. The molecule has 0 radical (unpaired) electrons. The lowest BCUT2D eigenvalue weighted by atomic mass is 9.79. The van der Waals surface area contributed by atoms with E-state index in [9.17, 15) is 0 Å². The Morgan fingerprint density at radius 3 is 2.76 bits per heavy atom. The molecule has 1 aromatic carbocycles. The van der Waals surface area contributed by atoms with Crippen LogP contribution in [0.2, 0.25) is 0 Å².